The van der Waals surface area contributed by atoms with E-state index in [-0.39, 0.29) is 0 Å². The van der Waals surface area contributed by atoms with Gasteiger partial charge >= 0.3 is 0 Å². The molecule has 1 aromatic rings. The number of hydrogen-bond acceptors (Lipinski definition) is 6. The highest BCUT2D eigenvalue weighted by atomic mass is 32.1. The summed E-state index contributed by atoms with van der Waals surface area (Å²) >= 11 is 1.61. The van der Waals surface area contributed by atoms with Crippen molar-refractivity contribution in [3.05, 3.63) is 16.0 Å². The van der Waals surface area contributed by atoms with E-state index in [1.54, 1.807) is 24.7 Å². The number of hydrogen-bond donors (Lipinski definition) is 0. The van der Waals surface area contributed by atoms with E-state index in [4.69, 9.17) is 9.57 Å². The fourth-order valence-corrected chi connectivity index (χ4v) is 3.18. The van der Waals surface area contributed by atoms with E-state index in [1.807, 2.05) is 0 Å². The quantitative estimate of drug-likeness (QED) is 0.599. The molecule has 0 aromatic carbocycles. The minimum Gasteiger partial charge on any atom is -0.480 e. The Morgan fingerprint density at radius 1 is 1.52 bits per heavy atom. The van der Waals surface area contributed by atoms with Crippen LogP contribution in [-0.2, 0) is 4.84 Å². The monoisotopic (exact) mass is 307 g/mol. The zero-order valence-corrected chi connectivity index (χ0v) is 13.4. The topological polar surface area (TPSA) is 47.0 Å². The molecular weight excluding hydrogens is 286 g/mol. The molecule has 0 spiro atoms. The van der Waals surface area contributed by atoms with E-state index >= 15 is 0 Å². The van der Waals surface area contributed by atoms with Crippen molar-refractivity contribution in [2.24, 2.45) is 11.1 Å². The van der Waals surface area contributed by atoms with Crippen LogP contribution in [0.2, 0.25) is 0 Å². The van der Waals surface area contributed by atoms with Crippen molar-refractivity contribution in [1.29, 1.82) is 0 Å². The van der Waals surface area contributed by atoms with Gasteiger partial charge in [0.05, 0.1) is 13.3 Å². The molecule has 1 aromatic heterocycles. The molecule has 0 saturated heterocycles. The van der Waals surface area contributed by atoms with Crippen molar-refractivity contribution in [3.63, 3.8) is 0 Å². The van der Waals surface area contributed by atoms with Crippen LogP contribution in [0.15, 0.2) is 11.2 Å². The van der Waals surface area contributed by atoms with Crippen LogP contribution in [0.3, 0.4) is 0 Å². The van der Waals surface area contributed by atoms with Crippen LogP contribution in [0.25, 0.3) is 5.57 Å². The lowest BCUT2D eigenvalue weighted by Gasteiger charge is -2.21. The Labute approximate surface area is 129 Å². The second-order valence-corrected chi connectivity index (χ2v) is 6.65. The molecule has 0 bridgehead atoms. The number of methoxy groups -OCH3 is 1. The summed E-state index contributed by atoms with van der Waals surface area (Å²) in [5.74, 6) is 1.34. The first-order valence-corrected chi connectivity index (χ1v) is 8.16. The summed E-state index contributed by atoms with van der Waals surface area (Å²) < 4.78 is 5.35. The fourth-order valence-electron chi connectivity index (χ4n) is 2.25. The molecule has 0 N–H and O–H groups in total. The minimum absolute atomic E-state index is 0.628. The Bertz CT molecular complexity index is 549. The normalized spacial score (nSPS) is 19.8. The maximum Gasteiger partial charge on any atom is 0.234 e. The largest absolute Gasteiger partial charge is 0.480 e. The molecule has 0 atom stereocenters. The van der Waals surface area contributed by atoms with Crippen LogP contribution in [0.4, 0.5) is 0 Å². The number of thiazole rings is 1. The average Bonchev–Trinajstić information content (AvgIpc) is 3.22. The van der Waals surface area contributed by atoms with Crippen LogP contribution in [0.1, 0.15) is 29.1 Å². The number of likely N-dealkylation sites (N-methyl/N-ethyl adjacent to an activating group) is 1. The number of rotatable bonds is 6. The molecule has 1 aliphatic heterocycles. The smallest absolute Gasteiger partial charge is 0.234 e. The van der Waals surface area contributed by atoms with E-state index in [0.717, 1.165) is 36.0 Å². The summed E-state index contributed by atoms with van der Waals surface area (Å²) in [5.41, 5.74) is 1.27. The average molecular weight is 307 g/mol. The van der Waals surface area contributed by atoms with Gasteiger partial charge in [0.25, 0.3) is 0 Å². The van der Waals surface area contributed by atoms with E-state index in [9.17, 15) is 0 Å². The van der Waals surface area contributed by atoms with Crippen LogP contribution in [0.5, 0.6) is 5.88 Å². The number of oxime groups is 1. The highest BCUT2D eigenvalue weighted by Gasteiger charge is 2.22. The Hall–Kier alpha value is -1.40. The maximum atomic E-state index is 5.35. The molecule has 1 fully saturated rings. The van der Waals surface area contributed by atoms with Crippen LogP contribution < -0.4 is 4.74 Å². The number of aromatic nitrogens is 1. The molecule has 0 unspecified atom stereocenters. The van der Waals surface area contributed by atoms with Gasteiger partial charge < -0.3 is 14.5 Å². The van der Waals surface area contributed by atoms with Gasteiger partial charge in [-0.05, 0) is 37.8 Å². The van der Waals surface area contributed by atoms with Crippen molar-refractivity contribution >= 4 is 23.1 Å². The third-order valence-corrected chi connectivity index (χ3v) is 4.73. The lowest BCUT2D eigenvalue weighted by atomic mass is 10.1. The van der Waals surface area contributed by atoms with Gasteiger partial charge in [0.2, 0.25) is 5.88 Å². The molecule has 2 aliphatic rings. The van der Waals surface area contributed by atoms with Crippen molar-refractivity contribution in [3.8, 4) is 5.88 Å². The van der Waals surface area contributed by atoms with Crippen molar-refractivity contribution in [2.45, 2.75) is 19.3 Å². The second-order valence-electron chi connectivity index (χ2n) is 5.62. The van der Waals surface area contributed by atoms with E-state index in [0.29, 0.717) is 11.8 Å². The Balaban J connectivity index is 1.69. The summed E-state index contributed by atoms with van der Waals surface area (Å²) in [7, 11) is 3.77. The first-order chi connectivity index (χ1) is 10.3. The zero-order chi connectivity index (χ0) is 14.7. The molecule has 2 heterocycles. The first-order valence-electron chi connectivity index (χ1n) is 7.34. The summed E-state index contributed by atoms with van der Waals surface area (Å²) in [5, 5.41) is 5.06. The SMILES string of the molecule is COc1nc(C2=CCCN(C)C2)sc1C=NOCC1CC1. The predicted molar refractivity (Wildman–Crippen MR) is 85.0 cm³/mol. The summed E-state index contributed by atoms with van der Waals surface area (Å²) in [6.45, 7) is 2.77. The van der Waals surface area contributed by atoms with Crippen LogP contribution in [-0.4, -0.2) is 50.0 Å². The molecule has 0 radical (unpaired) electrons. The highest BCUT2D eigenvalue weighted by molar-refractivity contribution is 7.14. The number of nitrogens with zero attached hydrogens (tertiary/aromatic N) is 3. The molecule has 114 valence electrons. The molecular formula is C15H21N3O2S. The Kier molecular flexibility index (Phi) is 4.55. The van der Waals surface area contributed by atoms with E-state index in [1.165, 1.54) is 18.4 Å². The summed E-state index contributed by atoms with van der Waals surface area (Å²) in [6, 6.07) is 0. The molecule has 3 rings (SSSR count). The fraction of sp³-hybridized carbons (Fsp3) is 0.600. The Morgan fingerprint density at radius 3 is 3.10 bits per heavy atom. The third-order valence-electron chi connectivity index (χ3n) is 3.68. The van der Waals surface area contributed by atoms with Crippen LogP contribution in [0, 0.1) is 5.92 Å². The number of ether oxygens (including phenoxy) is 1. The standard InChI is InChI=1S/C15H21N3O2S/c1-18-7-3-4-12(9-18)15-17-14(19-2)13(21-15)8-16-20-10-11-5-6-11/h4,8,11H,3,5-7,9-10H2,1-2H3. The van der Waals surface area contributed by atoms with Gasteiger partial charge in [0.1, 0.15) is 16.5 Å². The van der Waals surface area contributed by atoms with Crippen molar-refractivity contribution < 1.29 is 9.57 Å². The predicted octanol–water partition coefficient (Wildman–Crippen LogP) is 2.63. The minimum atomic E-state index is 0.628. The Morgan fingerprint density at radius 2 is 2.38 bits per heavy atom. The van der Waals surface area contributed by atoms with Gasteiger partial charge in [-0.3, -0.25) is 0 Å². The lowest BCUT2D eigenvalue weighted by molar-refractivity contribution is 0.135. The summed E-state index contributed by atoms with van der Waals surface area (Å²) in [6.07, 6.45) is 7.59. The summed E-state index contributed by atoms with van der Waals surface area (Å²) in [4.78, 5) is 13.1. The molecule has 1 saturated carbocycles. The van der Waals surface area contributed by atoms with Crippen molar-refractivity contribution in [2.75, 3.05) is 33.9 Å². The van der Waals surface area contributed by atoms with E-state index in [2.05, 4.69) is 28.2 Å². The van der Waals surface area contributed by atoms with Crippen molar-refractivity contribution in [1.82, 2.24) is 9.88 Å². The van der Waals surface area contributed by atoms with Gasteiger partial charge in [-0.2, -0.15) is 0 Å². The molecule has 21 heavy (non-hydrogen) atoms. The highest BCUT2D eigenvalue weighted by Crippen LogP contribution is 2.31. The van der Waals surface area contributed by atoms with Gasteiger partial charge in [0, 0.05) is 13.1 Å². The molecule has 5 nitrogen and oxygen atoms in total. The maximum absolute atomic E-state index is 5.35. The molecule has 6 heteroatoms. The lowest BCUT2D eigenvalue weighted by Crippen LogP contribution is -2.24. The third kappa shape index (κ3) is 3.83. The molecule has 1 aliphatic carbocycles. The van der Waals surface area contributed by atoms with E-state index < -0.39 is 0 Å². The second kappa shape index (κ2) is 6.58. The zero-order valence-electron chi connectivity index (χ0n) is 12.5. The van der Waals surface area contributed by atoms with Gasteiger partial charge in [-0.15, -0.1) is 11.3 Å². The van der Waals surface area contributed by atoms with Crippen LogP contribution >= 0.6 is 11.3 Å². The first kappa shape index (κ1) is 14.5. The molecule has 0 amide bonds. The van der Waals surface area contributed by atoms with Gasteiger partial charge in [-0.25, -0.2) is 4.98 Å². The van der Waals surface area contributed by atoms with Gasteiger partial charge in [0.15, 0.2) is 0 Å². The van der Waals surface area contributed by atoms with Gasteiger partial charge in [-0.1, -0.05) is 11.2 Å².